The van der Waals surface area contributed by atoms with E-state index in [1.807, 2.05) is 12.1 Å². The van der Waals surface area contributed by atoms with Crippen molar-refractivity contribution in [3.8, 4) is 0 Å². The average Bonchev–Trinajstić information content (AvgIpc) is 2.40. The molecule has 0 unspecified atom stereocenters. The van der Waals surface area contributed by atoms with Crippen molar-refractivity contribution in [2.45, 2.75) is 51.5 Å². The van der Waals surface area contributed by atoms with Crippen molar-refractivity contribution in [2.75, 3.05) is 10.0 Å². The second-order valence-corrected chi connectivity index (χ2v) is 7.17. The van der Waals surface area contributed by atoms with Crippen molar-refractivity contribution in [3.05, 3.63) is 24.3 Å². The van der Waals surface area contributed by atoms with Crippen molar-refractivity contribution >= 4 is 21.6 Å². The summed E-state index contributed by atoms with van der Waals surface area (Å²) in [4.78, 5) is 0. The molecule has 1 saturated carbocycles. The van der Waals surface area contributed by atoms with Gasteiger partial charge in [-0.15, -0.1) is 0 Å². The van der Waals surface area contributed by atoms with Crippen molar-refractivity contribution < 1.29 is 8.42 Å². The summed E-state index contributed by atoms with van der Waals surface area (Å²) < 4.78 is 24.4. The van der Waals surface area contributed by atoms with Crippen molar-refractivity contribution in [3.63, 3.8) is 0 Å². The van der Waals surface area contributed by atoms with Gasteiger partial charge in [0.1, 0.15) is 0 Å². The first kappa shape index (κ1) is 16.1. The molecule has 0 heterocycles. The van der Waals surface area contributed by atoms with E-state index in [0.29, 0.717) is 11.7 Å². The van der Waals surface area contributed by atoms with E-state index in [9.17, 15) is 8.42 Å². The Morgan fingerprint density at radius 3 is 2.48 bits per heavy atom. The Bertz CT molecular complexity index is 552. The number of hydrogen-bond donors (Lipinski definition) is 3. The molecule has 0 radical (unpaired) electrons. The molecule has 5 nitrogen and oxygen atoms in total. The Balaban J connectivity index is 1.90. The van der Waals surface area contributed by atoms with Gasteiger partial charge < -0.3 is 5.32 Å². The quantitative estimate of drug-likeness (QED) is 0.755. The summed E-state index contributed by atoms with van der Waals surface area (Å²) >= 11 is 0. The lowest BCUT2D eigenvalue weighted by Crippen LogP contribution is -2.26. The second kappa shape index (κ2) is 7.13. The fourth-order valence-electron chi connectivity index (χ4n) is 3.08. The zero-order chi connectivity index (χ0) is 15.3. The molecule has 0 bridgehead atoms. The van der Waals surface area contributed by atoms with Gasteiger partial charge in [-0.1, -0.05) is 25.8 Å². The molecular formula is C15H25N3O2S. The summed E-state index contributed by atoms with van der Waals surface area (Å²) in [5, 5.41) is 8.48. The van der Waals surface area contributed by atoms with E-state index in [-0.39, 0.29) is 0 Å². The summed E-state index contributed by atoms with van der Waals surface area (Å²) in [6.45, 7) is 2.24. The van der Waals surface area contributed by atoms with Gasteiger partial charge >= 0.3 is 0 Å². The Morgan fingerprint density at radius 2 is 1.86 bits per heavy atom. The van der Waals surface area contributed by atoms with E-state index in [2.05, 4.69) is 17.0 Å². The Kier molecular flexibility index (Phi) is 5.47. The standard InChI is InChI=1S/C15H25N3O2S/c1-2-4-12-7-9-13(10-8-12)17-14-5-3-6-15(11-14)18-21(16,19)20/h3,5-6,11-13,17-18H,2,4,7-10H2,1H3,(H2,16,19,20). The summed E-state index contributed by atoms with van der Waals surface area (Å²) in [5.74, 6) is 0.878. The highest BCUT2D eigenvalue weighted by atomic mass is 32.2. The maximum Gasteiger partial charge on any atom is 0.296 e. The molecule has 21 heavy (non-hydrogen) atoms. The van der Waals surface area contributed by atoms with Crippen LogP contribution in [0.2, 0.25) is 0 Å². The van der Waals surface area contributed by atoms with Gasteiger partial charge in [-0.05, 0) is 49.8 Å². The van der Waals surface area contributed by atoms with Crippen LogP contribution in [0.4, 0.5) is 11.4 Å². The molecule has 4 N–H and O–H groups in total. The molecule has 0 saturated heterocycles. The van der Waals surface area contributed by atoms with Gasteiger partial charge in [0.2, 0.25) is 0 Å². The molecule has 0 amide bonds. The van der Waals surface area contributed by atoms with Crippen LogP contribution in [-0.4, -0.2) is 14.5 Å². The van der Waals surface area contributed by atoms with Crippen molar-refractivity contribution in [1.29, 1.82) is 0 Å². The molecule has 0 aromatic heterocycles. The number of nitrogens with two attached hydrogens (primary N) is 1. The van der Waals surface area contributed by atoms with Crippen LogP contribution < -0.4 is 15.2 Å². The maximum atomic E-state index is 11.0. The lowest BCUT2D eigenvalue weighted by Gasteiger charge is -2.29. The molecule has 0 aliphatic heterocycles. The first-order valence-electron chi connectivity index (χ1n) is 7.63. The molecule has 1 aromatic carbocycles. The van der Waals surface area contributed by atoms with Gasteiger partial charge in [0, 0.05) is 11.7 Å². The SMILES string of the molecule is CCCC1CCC(Nc2cccc(NS(N)(=O)=O)c2)CC1. The van der Waals surface area contributed by atoms with Crippen molar-refractivity contribution in [1.82, 2.24) is 0 Å². The van der Waals surface area contributed by atoms with Crippen LogP contribution in [0.1, 0.15) is 45.4 Å². The maximum absolute atomic E-state index is 11.0. The van der Waals surface area contributed by atoms with Crippen LogP contribution in [0.5, 0.6) is 0 Å². The number of anilines is 2. The topological polar surface area (TPSA) is 84.2 Å². The van der Waals surface area contributed by atoms with E-state index in [4.69, 9.17) is 5.14 Å². The third kappa shape index (κ3) is 5.55. The van der Waals surface area contributed by atoms with Crippen molar-refractivity contribution in [2.24, 2.45) is 11.1 Å². The van der Waals surface area contributed by atoms with E-state index in [1.165, 1.54) is 38.5 Å². The predicted molar refractivity (Wildman–Crippen MR) is 87.4 cm³/mol. The summed E-state index contributed by atoms with van der Waals surface area (Å²) in [6, 6.07) is 7.71. The van der Waals surface area contributed by atoms with Gasteiger partial charge in [0.25, 0.3) is 10.2 Å². The molecule has 0 atom stereocenters. The minimum atomic E-state index is -3.72. The van der Waals surface area contributed by atoms with Crippen LogP contribution in [0, 0.1) is 5.92 Å². The number of hydrogen-bond acceptors (Lipinski definition) is 3. The van der Waals surface area contributed by atoms with E-state index >= 15 is 0 Å². The third-order valence-corrected chi connectivity index (χ3v) is 4.56. The van der Waals surface area contributed by atoms with E-state index in [0.717, 1.165) is 11.6 Å². The lowest BCUT2D eigenvalue weighted by atomic mass is 9.83. The normalized spacial score (nSPS) is 22.8. The molecule has 1 aliphatic carbocycles. The van der Waals surface area contributed by atoms with Gasteiger partial charge in [0.05, 0.1) is 5.69 Å². The fourth-order valence-corrected chi connectivity index (χ4v) is 3.53. The minimum Gasteiger partial charge on any atom is -0.382 e. The highest BCUT2D eigenvalue weighted by Crippen LogP contribution is 2.29. The number of benzene rings is 1. The lowest BCUT2D eigenvalue weighted by molar-refractivity contribution is 0.319. The van der Waals surface area contributed by atoms with Crippen LogP contribution in [0.3, 0.4) is 0 Å². The zero-order valence-electron chi connectivity index (χ0n) is 12.5. The smallest absolute Gasteiger partial charge is 0.296 e. The van der Waals surface area contributed by atoms with Gasteiger partial charge in [-0.3, -0.25) is 4.72 Å². The van der Waals surface area contributed by atoms with E-state index < -0.39 is 10.2 Å². The van der Waals surface area contributed by atoms with E-state index in [1.54, 1.807) is 12.1 Å². The van der Waals surface area contributed by atoms with Gasteiger partial charge in [-0.25, -0.2) is 5.14 Å². The Labute approximate surface area is 127 Å². The van der Waals surface area contributed by atoms with Crippen LogP contribution >= 0.6 is 0 Å². The highest BCUT2D eigenvalue weighted by Gasteiger charge is 2.20. The summed E-state index contributed by atoms with van der Waals surface area (Å²) in [6.07, 6.45) is 7.51. The van der Waals surface area contributed by atoms with Crippen LogP contribution in [0.15, 0.2) is 24.3 Å². The molecule has 0 spiro atoms. The largest absolute Gasteiger partial charge is 0.382 e. The molecule has 2 rings (SSSR count). The second-order valence-electron chi connectivity index (χ2n) is 5.88. The zero-order valence-corrected chi connectivity index (χ0v) is 13.3. The Morgan fingerprint density at radius 1 is 1.19 bits per heavy atom. The van der Waals surface area contributed by atoms with Crippen LogP contribution in [0.25, 0.3) is 0 Å². The first-order chi connectivity index (χ1) is 9.96. The molecule has 1 fully saturated rings. The van der Waals surface area contributed by atoms with Gasteiger partial charge in [0.15, 0.2) is 0 Å². The minimum absolute atomic E-state index is 0.475. The average molecular weight is 311 g/mol. The first-order valence-corrected chi connectivity index (χ1v) is 9.18. The number of rotatable bonds is 6. The third-order valence-electron chi connectivity index (χ3n) is 4.04. The molecule has 6 heteroatoms. The molecule has 1 aliphatic rings. The fraction of sp³-hybridized carbons (Fsp3) is 0.600. The van der Waals surface area contributed by atoms with Crippen LogP contribution in [-0.2, 0) is 10.2 Å². The Hall–Kier alpha value is -1.27. The van der Waals surface area contributed by atoms with Gasteiger partial charge in [-0.2, -0.15) is 8.42 Å². The summed E-state index contributed by atoms with van der Waals surface area (Å²) in [5.41, 5.74) is 1.42. The number of nitrogens with one attached hydrogen (secondary N) is 2. The highest BCUT2D eigenvalue weighted by molar-refractivity contribution is 7.90. The molecule has 118 valence electrons. The molecule has 1 aromatic rings. The summed E-state index contributed by atoms with van der Waals surface area (Å²) in [7, 11) is -3.72. The monoisotopic (exact) mass is 311 g/mol. The molecular weight excluding hydrogens is 286 g/mol. The predicted octanol–water partition coefficient (Wildman–Crippen LogP) is 3.07.